The first-order chi connectivity index (χ1) is 25.3. The van der Waals surface area contributed by atoms with Gasteiger partial charge in [0.25, 0.3) is 11.5 Å². The number of pyridine rings is 2. The average Bonchev–Trinajstić information content (AvgIpc) is 3.55. The maximum atomic E-state index is 14.5. The van der Waals surface area contributed by atoms with Gasteiger partial charge in [0.15, 0.2) is 5.65 Å². The molecule has 14 heteroatoms. The third-order valence-electron chi connectivity index (χ3n) is 9.15. The molecular weight excluding hydrogens is 684 g/mol. The van der Waals surface area contributed by atoms with Gasteiger partial charge in [-0.05, 0) is 99.5 Å². The van der Waals surface area contributed by atoms with E-state index in [-0.39, 0.29) is 29.4 Å². The number of carbonyl (C=O) groups is 2. The Bertz CT molecular complexity index is 2490. The minimum Gasteiger partial charge on any atom is -0.445 e. The molecule has 0 atom stereocenters. The molecule has 53 heavy (non-hydrogen) atoms. The normalized spacial score (nSPS) is 16.1. The van der Waals surface area contributed by atoms with Gasteiger partial charge in [-0.2, -0.15) is 0 Å². The van der Waals surface area contributed by atoms with Gasteiger partial charge in [-0.15, -0.1) is 0 Å². The molecule has 0 spiro atoms. The molecule has 0 radical (unpaired) electrons. The van der Waals surface area contributed by atoms with Crippen molar-refractivity contribution in [3.8, 4) is 16.8 Å². The number of carbonyl (C=O) groups excluding carboxylic acids is 2. The summed E-state index contributed by atoms with van der Waals surface area (Å²) in [5, 5.41) is 5.69. The molecule has 0 saturated heterocycles. The van der Waals surface area contributed by atoms with Gasteiger partial charge in [0.05, 0.1) is 17.3 Å². The largest absolute Gasteiger partial charge is 0.445 e. The predicted octanol–water partition coefficient (Wildman–Crippen LogP) is 6.08. The number of nitrogens with zero attached hydrogens (tertiary/aromatic N) is 5. The molecule has 4 heterocycles. The van der Waals surface area contributed by atoms with E-state index in [2.05, 4.69) is 20.6 Å². The van der Waals surface area contributed by atoms with Crippen LogP contribution in [0.15, 0.2) is 94.9 Å². The molecule has 2 aromatic carbocycles. The Kier molecular flexibility index (Phi) is 9.37. The number of fused-ring (bicyclic) bond motifs is 2. The number of imidazole rings is 1. The highest BCUT2D eigenvalue weighted by Gasteiger charge is 2.29. The molecule has 0 unspecified atom stereocenters. The maximum absolute atomic E-state index is 14.5. The monoisotopic (exact) mass is 721 g/mol. The summed E-state index contributed by atoms with van der Waals surface area (Å²) in [7, 11) is 0. The lowest BCUT2D eigenvalue weighted by Crippen LogP contribution is -2.45. The minimum absolute atomic E-state index is 0.0232. The van der Waals surface area contributed by atoms with Crippen LogP contribution >= 0.6 is 0 Å². The fourth-order valence-corrected chi connectivity index (χ4v) is 6.71. The van der Waals surface area contributed by atoms with Crippen LogP contribution in [0.2, 0.25) is 0 Å². The number of hydrogen-bond acceptors (Lipinski definition) is 7. The molecule has 6 aromatic rings. The van der Waals surface area contributed by atoms with E-state index in [1.807, 2.05) is 51.1 Å². The van der Waals surface area contributed by atoms with E-state index in [9.17, 15) is 28.0 Å². The summed E-state index contributed by atoms with van der Waals surface area (Å²) in [6, 6.07) is 17.7. The van der Waals surface area contributed by atoms with E-state index in [0.717, 1.165) is 29.0 Å². The summed E-state index contributed by atoms with van der Waals surface area (Å²) >= 11 is 0. The first-order valence-electron chi connectivity index (χ1n) is 17.3. The van der Waals surface area contributed by atoms with Gasteiger partial charge in [0.1, 0.15) is 29.6 Å². The molecule has 7 rings (SSSR count). The van der Waals surface area contributed by atoms with Crippen molar-refractivity contribution < 1.29 is 23.1 Å². The second-order valence-electron chi connectivity index (χ2n) is 14.2. The number of halogens is 2. The lowest BCUT2D eigenvalue weighted by atomic mass is 9.90. The number of hydrogen-bond donors (Lipinski definition) is 2. The minimum atomic E-state index is -0.712. The Morgan fingerprint density at radius 3 is 2.40 bits per heavy atom. The number of alkyl carbamates (subject to hydrolysis) is 1. The summed E-state index contributed by atoms with van der Waals surface area (Å²) in [6.07, 6.45) is 4.87. The Hall–Kier alpha value is -6.18. The van der Waals surface area contributed by atoms with Crippen LogP contribution in [-0.2, 0) is 11.3 Å². The van der Waals surface area contributed by atoms with Crippen molar-refractivity contribution in [2.45, 2.75) is 70.7 Å². The van der Waals surface area contributed by atoms with Crippen LogP contribution in [0.25, 0.3) is 33.5 Å². The van der Waals surface area contributed by atoms with Gasteiger partial charge in [-0.3, -0.25) is 14.2 Å². The van der Waals surface area contributed by atoms with E-state index in [0.29, 0.717) is 37.0 Å². The number of rotatable bonds is 7. The highest BCUT2D eigenvalue weighted by atomic mass is 19.1. The van der Waals surface area contributed by atoms with Crippen LogP contribution < -0.4 is 21.9 Å². The maximum Gasteiger partial charge on any atom is 0.407 e. The molecule has 2 N–H and O–H groups in total. The van der Waals surface area contributed by atoms with Crippen molar-refractivity contribution >= 4 is 28.7 Å². The molecule has 272 valence electrons. The van der Waals surface area contributed by atoms with Crippen molar-refractivity contribution in [1.29, 1.82) is 0 Å². The summed E-state index contributed by atoms with van der Waals surface area (Å²) < 4.78 is 37.5. The standard InChI is InChI=1S/C39H37F2N7O5/c1-39(2,3)45-37(51)53-22-23-6-4-7-24(16-23)25-8-5-9-30(17-25)47-34-31(18-27(41)19-42-34)36(50)48(38(47)52)29-13-11-28(12-14-29)43-35(49)32-21-46-20-26(40)10-15-33(46)44-32/h4-10,15-21,28-29H,11-14,22H2,1-3H3,(H,43,49)(H,45,51). The molecule has 12 nitrogen and oxygen atoms in total. The summed E-state index contributed by atoms with van der Waals surface area (Å²) in [5.41, 5.74) is 1.62. The van der Waals surface area contributed by atoms with Crippen molar-refractivity contribution in [1.82, 2.24) is 34.1 Å². The second kappa shape index (κ2) is 14.1. The number of ether oxygens (including phenoxy) is 1. The van der Waals surface area contributed by atoms with Gasteiger partial charge < -0.3 is 19.8 Å². The Balaban J connectivity index is 1.15. The van der Waals surface area contributed by atoms with Gasteiger partial charge in [-0.1, -0.05) is 30.3 Å². The van der Waals surface area contributed by atoms with Crippen molar-refractivity contribution in [2.75, 3.05) is 0 Å². The zero-order chi connectivity index (χ0) is 37.4. The van der Waals surface area contributed by atoms with Crippen LogP contribution in [-0.4, -0.2) is 47.1 Å². The van der Waals surface area contributed by atoms with Crippen molar-refractivity contribution in [3.05, 3.63) is 129 Å². The first kappa shape index (κ1) is 35.2. The van der Waals surface area contributed by atoms with Crippen LogP contribution in [0.5, 0.6) is 0 Å². The molecule has 4 aromatic heterocycles. The second-order valence-corrected chi connectivity index (χ2v) is 14.2. The van der Waals surface area contributed by atoms with Gasteiger partial charge >= 0.3 is 11.8 Å². The number of benzene rings is 2. The molecule has 0 aliphatic heterocycles. The number of nitrogens with one attached hydrogen (secondary N) is 2. The summed E-state index contributed by atoms with van der Waals surface area (Å²) in [6.45, 7) is 5.63. The molecule has 2 amide bonds. The van der Waals surface area contributed by atoms with Crippen LogP contribution in [0.4, 0.5) is 13.6 Å². The number of aromatic nitrogens is 5. The van der Waals surface area contributed by atoms with E-state index in [4.69, 9.17) is 4.74 Å². The van der Waals surface area contributed by atoms with E-state index < -0.39 is 46.5 Å². The fraction of sp³-hybridized carbons (Fsp3) is 0.282. The lowest BCUT2D eigenvalue weighted by Gasteiger charge is -2.30. The highest BCUT2D eigenvalue weighted by molar-refractivity contribution is 5.93. The van der Waals surface area contributed by atoms with Gasteiger partial charge in [0.2, 0.25) is 0 Å². The SMILES string of the molecule is CC(C)(C)NC(=O)OCc1cccc(-c2cccc(-n3c(=O)n(C4CCC(NC(=O)c5cn6cc(F)ccc6n5)CC4)c(=O)c4cc(F)cnc43)c2)c1. The van der Waals surface area contributed by atoms with Crippen molar-refractivity contribution in [2.24, 2.45) is 0 Å². The fourth-order valence-electron chi connectivity index (χ4n) is 6.71. The smallest absolute Gasteiger partial charge is 0.407 e. The molecule has 1 aliphatic rings. The zero-order valence-electron chi connectivity index (χ0n) is 29.3. The van der Waals surface area contributed by atoms with Crippen molar-refractivity contribution in [3.63, 3.8) is 0 Å². The number of amides is 2. The third-order valence-corrected chi connectivity index (χ3v) is 9.15. The van der Waals surface area contributed by atoms with Gasteiger partial charge in [0, 0.05) is 30.0 Å². The molecule has 1 fully saturated rings. The Morgan fingerprint density at radius 2 is 1.64 bits per heavy atom. The highest BCUT2D eigenvalue weighted by Crippen LogP contribution is 2.29. The van der Waals surface area contributed by atoms with Crippen LogP contribution in [0, 0.1) is 11.6 Å². The molecule has 0 bridgehead atoms. The lowest BCUT2D eigenvalue weighted by molar-refractivity contribution is 0.0917. The van der Waals surface area contributed by atoms with E-state index in [1.54, 1.807) is 18.2 Å². The van der Waals surface area contributed by atoms with Crippen LogP contribution in [0.3, 0.4) is 0 Å². The quantitative estimate of drug-likeness (QED) is 0.204. The topological polar surface area (TPSA) is 142 Å². The van der Waals surface area contributed by atoms with Gasteiger partial charge in [-0.25, -0.2) is 32.9 Å². The van der Waals surface area contributed by atoms with Crippen LogP contribution in [0.1, 0.15) is 68.5 Å². The summed E-state index contributed by atoms with van der Waals surface area (Å²) in [4.78, 5) is 61.8. The molecule has 1 aliphatic carbocycles. The third kappa shape index (κ3) is 7.57. The Labute approximate surface area is 302 Å². The first-order valence-corrected chi connectivity index (χ1v) is 17.3. The molecular formula is C39H37F2N7O5. The average molecular weight is 722 g/mol. The predicted molar refractivity (Wildman–Crippen MR) is 194 cm³/mol. The van der Waals surface area contributed by atoms with E-state index >= 15 is 0 Å². The zero-order valence-corrected chi connectivity index (χ0v) is 29.3. The Morgan fingerprint density at radius 1 is 0.906 bits per heavy atom. The van der Waals surface area contributed by atoms with E-state index in [1.165, 1.54) is 38.1 Å². The summed E-state index contributed by atoms with van der Waals surface area (Å²) in [5.74, 6) is -1.57. The molecule has 1 saturated carbocycles.